The van der Waals surface area contributed by atoms with Gasteiger partial charge in [0, 0.05) is 19.1 Å². The van der Waals surface area contributed by atoms with Crippen molar-refractivity contribution in [3.63, 3.8) is 0 Å². The lowest BCUT2D eigenvalue weighted by Gasteiger charge is -2.36. The Morgan fingerprint density at radius 1 is 1.33 bits per heavy atom. The van der Waals surface area contributed by atoms with Crippen molar-refractivity contribution in [3.8, 4) is 0 Å². The zero-order valence-corrected chi connectivity index (χ0v) is 12.0. The first-order valence-electron chi connectivity index (χ1n) is 7.00. The van der Waals surface area contributed by atoms with Crippen molar-refractivity contribution in [1.82, 2.24) is 10.3 Å². The summed E-state index contributed by atoms with van der Waals surface area (Å²) in [5, 5.41) is 3.22. The first kappa shape index (κ1) is 13.3. The summed E-state index contributed by atoms with van der Waals surface area (Å²) in [4.78, 5) is 7.03. The van der Waals surface area contributed by atoms with E-state index in [1.807, 2.05) is 13.2 Å². The highest BCUT2D eigenvalue weighted by atomic mass is 15.1. The van der Waals surface area contributed by atoms with Crippen molar-refractivity contribution < 1.29 is 0 Å². The second kappa shape index (κ2) is 5.70. The van der Waals surface area contributed by atoms with Gasteiger partial charge in [0.2, 0.25) is 0 Å². The smallest absolute Gasteiger partial charge is 0.0571 e. The number of nitrogens with one attached hydrogen (secondary N) is 1. The third-order valence-electron chi connectivity index (χ3n) is 4.35. The van der Waals surface area contributed by atoms with Gasteiger partial charge in [0.15, 0.2) is 0 Å². The fourth-order valence-corrected chi connectivity index (χ4v) is 2.49. The van der Waals surface area contributed by atoms with Crippen molar-refractivity contribution in [2.75, 3.05) is 25.0 Å². The highest BCUT2D eigenvalue weighted by Crippen LogP contribution is 2.26. The predicted octanol–water partition coefficient (Wildman–Crippen LogP) is 2.84. The SMILES string of the molecule is CNC(C)c1ccc(N2CCC(C)C(C)C2)cn1. The fraction of sp³-hybridized carbons (Fsp3) is 0.667. The number of pyridine rings is 1. The average molecular weight is 247 g/mol. The van der Waals surface area contributed by atoms with E-state index in [-0.39, 0.29) is 0 Å². The Labute approximate surface area is 111 Å². The van der Waals surface area contributed by atoms with Gasteiger partial charge < -0.3 is 10.2 Å². The van der Waals surface area contributed by atoms with Crippen LogP contribution in [-0.2, 0) is 0 Å². The molecule has 1 saturated heterocycles. The number of hydrogen-bond donors (Lipinski definition) is 1. The van der Waals surface area contributed by atoms with E-state index in [9.17, 15) is 0 Å². The molecule has 1 fully saturated rings. The lowest BCUT2D eigenvalue weighted by atomic mass is 9.88. The third kappa shape index (κ3) is 2.83. The minimum Gasteiger partial charge on any atom is -0.370 e. The number of nitrogens with zero attached hydrogens (tertiary/aromatic N) is 2. The molecule has 1 aromatic rings. The zero-order valence-electron chi connectivity index (χ0n) is 12.0. The van der Waals surface area contributed by atoms with Crippen molar-refractivity contribution >= 4 is 5.69 Å². The molecule has 3 atom stereocenters. The zero-order chi connectivity index (χ0) is 13.1. The molecule has 3 nitrogen and oxygen atoms in total. The van der Waals surface area contributed by atoms with Gasteiger partial charge in [-0.3, -0.25) is 4.98 Å². The standard InChI is InChI=1S/C15H25N3/c1-11-7-8-18(10-12(11)2)14-5-6-15(17-9-14)13(3)16-4/h5-6,9,11-13,16H,7-8,10H2,1-4H3. The molecule has 2 rings (SSSR count). The second-order valence-corrected chi connectivity index (χ2v) is 5.64. The van der Waals surface area contributed by atoms with Crippen LogP contribution >= 0.6 is 0 Å². The highest BCUT2D eigenvalue weighted by molar-refractivity contribution is 5.45. The quantitative estimate of drug-likeness (QED) is 0.890. The lowest BCUT2D eigenvalue weighted by Crippen LogP contribution is -2.38. The Bertz CT molecular complexity index is 374. The summed E-state index contributed by atoms with van der Waals surface area (Å²) >= 11 is 0. The maximum absolute atomic E-state index is 4.56. The molecular weight excluding hydrogens is 222 g/mol. The Hall–Kier alpha value is -1.09. The van der Waals surface area contributed by atoms with Crippen LogP contribution in [0, 0.1) is 11.8 Å². The number of hydrogen-bond acceptors (Lipinski definition) is 3. The third-order valence-corrected chi connectivity index (χ3v) is 4.35. The molecule has 1 aliphatic rings. The maximum atomic E-state index is 4.56. The van der Waals surface area contributed by atoms with Crippen LogP contribution in [0.2, 0.25) is 0 Å². The van der Waals surface area contributed by atoms with Gasteiger partial charge in [0.25, 0.3) is 0 Å². The normalized spacial score (nSPS) is 26.1. The fourth-order valence-electron chi connectivity index (χ4n) is 2.49. The average Bonchev–Trinajstić information content (AvgIpc) is 2.41. The first-order chi connectivity index (χ1) is 8.61. The molecule has 0 spiro atoms. The molecule has 100 valence electrons. The number of aromatic nitrogens is 1. The van der Waals surface area contributed by atoms with Crippen molar-refractivity contribution in [2.24, 2.45) is 11.8 Å². The van der Waals surface area contributed by atoms with Crippen LogP contribution in [0.1, 0.15) is 38.9 Å². The van der Waals surface area contributed by atoms with E-state index in [1.165, 1.54) is 12.1 Å². The molecule has 3 heteroatoms. The summed E-state index contributed by atoms with van der Waals surface area (Å²) in [7, 11) is 1.97. The number of rotatable bonds is 3. The molecule has 18 heavy (non-hydrogen) atoms. The number of piperidine rings is 1. The Morgan fingerprint density at radius 2 is 2.11 bits per heavy atom. The Balaban J connectivity index is 2.06. The molecule has 1 aromatic heterocycles. The van der Waals surface area contributed by atoms with Crippen molar-refractivity contribution in [2.45, 2.75) is 33.2 Å². The molecule has 1 N–H and O–H groups in total. The molecule has 0 aliphatic carbocycles. The predicted molar refractivity (Wildman–Crippen MR) is 76.9 cm³/mol. The van der Waals surface area contributed by atoms with E-state index < -0.39 is 0 Å². The van der Waals surface area contributed by atoms with Crippen LogP contribution in [-0.4, -0.2) is 25.1 Å². The molecule has 3 unspecified atom stereocenters. The topological polar surface area (TPSA) is 28.2 Å². The van der Waals surface area contributed by atoms with Gasteiger partial charge in [-0.05, 0) is 44.4 Å². The van der Waals surface area contributed by atoms with Crippen molar-refractivity contribution in [1.29, 1.82) is 0 Å². The Kier molecular flexibility index (Phi) is 4.23. The van der Waals surface area contributed by atoms with Crippen LogP contribution in [0.5, 0.6) is 0 Å². The summed E-state index contributed by atoms with van der Waals surface area (Å²) in [6.07, 6.45) is 3.31. The van der Waals surface area contributed by atoms with E-state index in [2.05, 4.69) is 48.1 Å². The largest absolute Gasteiger partial charge is 0.370 e. The minimum absolute atomic E-state index is 0.319. The van der Waals surface area contributed by atoms with Gasteiger partial charge in [0.1, 0.15) is 0 Å². The van der Waals surface area contributed by atoms with E-state index in [0.717, 1.165) is 30.6 Å². The summed E-state index contributed by atoms with van der Waals surface area (Å²) in [6, 6.07) is 4.66. The van der Waals surface area contributed by atoms with Gasteiger partial charge in [0.05, 0.1) is 17.6 Å². The molecule has 0 saturated carbocycles. The molecule has 0 bridgehead atoms. The van der Waals surface area contributed by atoms with Crippen LogP contribution in [0.3, 0.4) is 0 Å². The number of anilines is 1. The van der Waals surface area contributed by atoms with Crippen LogP contribution in [0.15, 0.2) is 18.3 Å². The van der Waals surface area contributed by atoms with Crippen LogP contribution < -0.4 is 10.2 Å². The Morgan fingerprint density at radius 3 is 2.67 bits per heavy atom. The molecule has 0 radical (unpaired) electrons. The lowest BCUT2D eigenvalue weighted by molar-refractivity contribution is 0.324. The van der Waals surface area contributed by atoms with Gasteiger partial charge in [-0.2, -0.15) is 0 Å². The van der Waals surface area contributed by atoms with Gasteiger partial charge in [-0.25, -0.2) is 0 Å². The van der Waals surface area contributed by atoms with Gasteiger partial charge in [-0.1, -0.05) is 13.8 Å². The molecule has 2 heterocycles. The molecule has 1 aliphatic heterocycles. The monoisotopic (exact) mass is 247 g/mol. The van der Waals surface area contributed by atoms with E-state index in [1.54, 1.807) is 0 Å². The highest BCUT2D eigenvalue weighted by Gasteiger charge is 2.22. The summed E-state index contributed by atoms with van der Waals surface area (Å²) in [5.41, 5.74) is 2.38. The minimum atomic E-state index is 0.319. The van der Waals surface area contributed by atoms with Crippen LogP contribution in [0.25, 0.3) is 0 Å². The van der Waals surface area contributed by atoms with Crippen LogP contribution in [0.4, 0.5) is 5.69 Å². The maximum Gasteiger partial charge on any atom is 0.0571 e. The van der Waals surface area contributed by atoms with E-state index in [0.29, 0.717) is 6.04 Å². The van der Waals surface area contributed by atoms with E-state index in [4.69, 9.17) is 0 Å². The molecule has 0 amide bonds. The first-order valence-corrected chi connectivity index (χ1v) is 7.00. The van der Waals surface area contributed by atoms with Crippen molar-refractivity contribution in [3.05, 3.63) is 24.0 Å². The second-order valence-electron chi connectivity index (χ2n) is 5.64. The van der Waals surface area contributed by atoms with Gasteiger partial charge >= 0.3 is 0 Å². The summed E-state index contributed by atoms with van der Waals surface area (Å²) in [6.45, 7) is 9.16. The van der Waals surface area contributed by atoms with E-state index >= 15 is 0 Å². The summed E-state index contributed by atoms with van der Waals surface area (Å²) in [5.74, 6) is 1.62. The summed E-state index contributed by atoms with van der Waals surface area (Å²) < 4.78 is 0. The molecular formula is C15H25N3. The van der Waals surface area contributed by atoms with Gasteiger partial charge in [-0.15, -0.1) is 0 Å². The molecule has 0 aromatic carbocycles.